The number of nitrogens with zero attached hydrogens (tertiary/aromatic N) is 3. The zero-order valence-electron chi connectivity index (χ0n) is 14.3. The summed E-state index contributed by atoms with van der Waals surface area (Å²) >= 11 is 2.25. The molecule has 0 unspecified atom stereocenters. The summed E-state index contributed by atoms with van der Waals surface area (Å²) in [5.74, 6) is 1.18. The van der Waals surface area contributed by atoms with E-state index in [0.29, 0.717) is 0 Å². The number of benzene rings is 1. The average molecular weight is 435 g/mol. The molecule has 0 spiro atoms. The Kier molecular flexibility index (Phi) is 5.08. The lowest BCUT2D eigenvalue weighted by Crippen LogP contribution is -2.49. The molecule has 2 heterocycles. The monoisotopic (exact) mass is 435 g/mol. The first-order valence-electron chi connectivity index (χ1n) is 8.20. The van der Waals surface area contributed by atoms with E-state index in [1.807, 2.05) is 29.2 Å². The van der Waals surface area contributed by atoms with Crippen LogP contribution in [-0.2, 0) is 0 Å². The predicted molar refractivity (Wildman–Crippen MR) is 106 cm³/mol. The Balaban J connectivity index is 1.68. The highest BCUT2D eigenvalue weighted by molar-refractivity contribution is 14.1. The molecule has 5 heteroatoms. The number of rotatable bonds is 2. The molecule has 0 N–H and O–H groups in total. The second kappa shape index (κ2) is 7.09. The number of aryl methyl sites for hydroxylation is 3. The van der Waals surface area contributed by atoms with Crippen LogP contribution >= 0.6 is 22.6 Å². The van der Waals surface area contributed by atoms with Crippen LogP contribution in [0.1, 0.15) is 27.2 Å². The van der Waals surface area contributed by atoms with Crippen LogP contribution in [0.15, 0.2) is 30.3 Å². The molecule has 1 aliphatic heterocycles. The minimum Gasteiger partial charge on any atom is -0.353 e. The summed E-state index contributed by atoms with van der Waals surface area (Å²) in [5, 5.41) is 0. The first-order valence-corrected chi connectivity index (χ1v) is 9.28. The third-order valence-electron chi connectivity index (χ3n) is 4.59. The van der Waals surface area contributed by atoms with Crippen molar-refractivity contribution in [2.24, 2.45) is 0 Å². The van der Waals surface area contributed by atoms with Crippen molar-refractivity contribution in [3.63, 3.8) is 0 Å². The second-order valence-electron chi connectivity index (χ2n) is 6.32. The lowest BCUT2D eigenvalue weighted by atomic mass is 10.1. The Bertz CT molecular complexity index is 750. The standard InChI is InChI=1S/C19H22IN3O/c1-13-12-14(2)18(21-15(13)3)22-8-10-23(11-9-22)19(24)16-4-6-17(20)7-5-16/h4-7,12H,8-11H2,1-3H3. The van der Waals surface area contributed by atoms with E-state index in [-0.39, 0.29) is 5.91 Å². The molecule has 4 nitrogen and oxygen atoms in total. The smallest absolute Gasteiger partial charge is 0.253 e. The van der Waals surface area contributed by atoms with Gasteiger partial charge in [-0.25, -0.2) is 4.98 Å². The van der Waals surface area contributed by atoms with Crippen LogP contribution in [0.4, 0.5) is 5.82 Å². The van der Waals surface area contributed by atoms with Gasteiger partial charge in [-0.05, 0) is 78.8 Å². The lowest BCUT2D eigenvalue weighted by Gasteiger charge is -2.36. The van der Waals surface area contributed by atoms with Crippen LogP contribution < -0.4 is 4.90 Å². The number of carbonyl (C=O) groups is 1. The van der Waals surface area contributed by atoms with Crippen molar-refractivity contribution in [2.45, 2.75) is 20.8 Å². The van der Waals surface area contributed by atoms with Crippen LogP contribution in [0.2, 0.25) is 0 Å². The van der Waals surface area contributed by atoms with E-state index in [4.69, 9.17) is 4.98 Å². The Morgan fingerprint density at radius 2 is 1.62 bits per heavy atom. The van der Waals surface area contributed by atoms with Crippen molar-refractivity contribution in [3.8, 4) is 0 Å². The fourth-order valence-corrected chi connectivity index (χ4v) is 3.41. The SMILES string of the molecule is Cc1cc(C)c(N2CCN(C(=O)c3ccc(I)cc3)CC2)nc1C. The Labute approximate surface area is 157 Å². The molecule has 1 amide bonds. The van der Waals surface area contributed by atoms with Crippen molar-refractivity contribution >= 4 is 34.3 Å². The van der Waals surface area contributed by atoms with E-state index in [9.17, 15) is 4.79 Å². The van der Waals surface area contributed by atoms with Crippen LogP contribution in [0.3, 0.4) is 0 Å². The van der Waals surface area contributed by atoms with Crippen molar-refractivity contribution in [1.82, 2.24) is 9.88 Å². The van der Waals surface area contributed by atoms with Gasteiger partial charge in [0.15, 0.2) is 0 Å². The van der Waals surface area contributed by atoms with E-state index < -0.39 is 0 Å². The molecule has 1 aromatic heterocycles. The first kappa shape index (κ1) is 17.2. The molecule has 1 saturated heterocycles. The molecule has 1 aromatic carbocycles. The van der Waals surface area contributed by atoms with Gasteiger partial charge >= 0.3 is 0 Å². The summed E-state index contributed by atoms with van der Waals surface area (Å²) in [6, 6.07) is 9.97. The van der Waals surface area contributed by atoms with Gasteiger partial charge in [-0.15, -0.1) is 0 Å². The van der Waals surface area contributed by atoms with Gasteiger partial charge in [-0.2, -0.15) is 0 Å². The number of anilines is 1. The number of pyridine rings is 1. The average Bonchev–Trinajstić information content (AvgIpc) is 2.58. The lowest BCUT2D eigenvalue weighted by molar-refractivity contribution is 0.0746. The maximum absolute atomic E-state index is 12.6. The number of amides is 1. The molecular weight excluding hydrogens is 413 g/mol. The van der Waals surface area contributed by atoms with Gasteiger partial charge in [-0.1, -0.05) is 6.07 Å². The fraction of sp³-hybridized carbons (Fsp3) is 0.368. The third kappa shape index (κ3) is 3.55. The topological polar surface area (TPSA) is 36.4 Å². The van der Waals surface area contributed by atoms with Crippen molar-refractivity contribution in [2.75, 3.05) is 31.1 Å². The normalized spacial score (nSPS) is 14.8. The maximum atomic E-state index is 12.6. The number of hydrogen-bond acceptors (Lipinski definition) is 3. The molecule has 3 rings (SSSR count). The van der Waals surface area contributed by atoms with Crippen molar-refractivity contribution in [1.29, 1.82) is 0 Å². The molecule has 24 heavy (non-hydrogen) atoms. The van der Waals surface area contributed by atoms with Gasteiger partial charge in [0.25, 0.3) is 5.91 Å². The molecule has 126 valence electrons. The molecular formula is C19H22IN3O. The Morgan fingerprint density at radius 3 is 2.25 bits per heavy atom. The van der Waals surface area contributed by atoms with E-state index in [1.54, 1.807) is 0 Å². The third-order valence-corrected chi connectivity index (χ3v) is 5.31. The molecule has 1 aliphatic rings. The number of hydrogen-bond donors (Lipinski definition) is 0. The van der Waals surface area contributed by atoms with Crippen LogP contribution in [-0.4, -0.2) is 42.0 Å². The van der Waals surface area contributed by atoms with E-state index in [0.717, 1.165) is 46.8 Å². The number of halogens is 1. The van der Waals surface area contributed by atoms with Gasteiger partial charge < -0.3 is 9.80 Å². The summed E-state index contributed by atoms with van der Waals surface area (Å²) in [6.07, 6.45) is 0. The van der Waals surface area contributed by atoms with Gasteiger partial charge in [-0.3, -0.25) is 4.79 Å². The zero-order chi connectivity index (χ0) is 17.3. The Hall–Kier alpha value is -1.63. The van der Waals surface area contributed by atoms with Gasteiger partial charge in [0.1, 0.15) is 5.82 Å². The van der Waals surface area contributed by atoms with Crippen LogP contribution in [0, 0.1) is 24.3 Å². The highest BCUT2D eigenvalue weighted by atomic mass is 127. The van der Waals surface area contributed by atoms with Gasteiger partial charge in [0.2, 0.25) is 0 Å². The minimum absolute atomic E-state index is 0.121. The first-order chi connectivity index (χ1) is 11.5. The van der Waals surface area contributed by atoms with E-state index in [1.165, 1.54) is 11.1 Å². The largest absolute Gasteiger partial charge is 0.353 e. The number of carbonyl (C=O) groups excluding carboxylic acids is 1. The predicted octanol–water partition coefficient (Wildman–Crippen LogP) is 3.57. The molecule has 2 aromatic rings. The van der Waals surface area contributed by atoms with Crippen LogP contribution in [0.5, 0.6) is 0 Å². The number of aromatic nitrogens is 1. The molecule has 0 bridgehead atoms. The summed E-state index contributed by atoms with van der Waals surface area (Å²) in [4.78, 5) is 21.6. The molecule has 0 radical (unpaired) electrons. The zero-order valence-corrected chi connectivity index (χ0v) is 16.5. The number of piperazine rings is 1. The van der Waals surface area contributed by atoms with Crippen LogP contribution in [0.25, 0.3) is 0 Å². The highest BCUT2D eigenvalue weighted by Gasteiger charge is 2.23. The van der Waals surface area contributed by atoms with Crippen molar-refractivity contribution < 1.29 is 4.79 Å². The fourth-order valence-electron chi connectivity index (χ4n) is 3.05. The summed E-state index contributed by atoms with van der Waals surface area (Å²) in [5.41, 5.74) is 4.27. The van der Waals surface area contributed by atoms with Gasteiger partial charge in [0.05, 0.1) is 0 Å². The Morgan fingerprint density at radius 1 is 1.00 bits per heavy atom. The second-order valence-corrected chi connectivity index (χ2v) is 7.56. The summed E-state index contributed by atoms with van der Waals surface area (Å²) in [6.45, 7) is 9.38. The summed E-state index contributed by atoms with van der Waals surface area (Å²) < 4.78 is 1.14. The quantitative estimate of drug-likeness (QED) is 0.677. The van der Waals surface area contributed by atoms with Crippen molar-refractivity contribution in [3.05, 3.63) is 56.3 Å². The molecule has 1 fully saturated rings. The van der Waals surface area contributed by atoms with E-state index in [2.05, 4.69) is 54.3 Å². The minimum atomic E-state index is 0.121. The maximum Gasteiger partial charge on any atom is 0.253 e. The van der Waals surface area contributed by atoms with Gasteiger partial charge in [0, 0.05) is 41.0 Å². The molecule has 0 atom stereocenters. The molecule has 0 aliphatic carbocycles. The van der Waals surface area contributed by atoms with E-state index >= 15 is 0 Å². The molecule has 0 saturated carbocycles. The summed E-state index contributed by atoms with van der Waals surface area (Å²) in [7, 11) is 0. The highest BCUT2D eigenvalue weighted by Crippen LogP contribution is 2.22.